The molecule has 0 amide bonds. The SMILES string of the molecule is CCCNc1ncc(Br)c(N2CCc3sccc3C2C)n1. The zero-order chi connectivity index (χ0) is 14.8. The first-order chi connectivity index (χ1) is 10.2. The first-order valence-corrected chi connectivity index (χ1v) is 8.97. The Hall–Kier alpha value is -1.14. The van der Waals surface area contributed by atoms with Gasteiger partial charge < -0.3 is 10.2 Å². The Morgan fingerprint density at radius 3 is 3.19 bits per heavy atom. The van der Waals surface area contributed by atoms with E-state index < -0.39 is 0 Å². The second kappa shape index (κ2) is 6.32. The van der Waals surface area contributed by atoms with Gasteiger partial charge in [-0.2, -0.15) is 4.98 Å². The molecule has 0 aliphatic carbocycles. The molecular formula is C15H19BrN4S. The number of hydrogen-bond donors (Lipinski definition) is 1. The van der Waals surface area contributed by atoms with Crippen LogP contribution in [0.25, 0.3) is 0 Å². The Labute approximate surface area is 137 Å². The lowest BCUT2D eigenvalue weighted by molar-refractivity contribution is 0.623. The number of fused-ring (bicyclic) bond motifs is 1. The van der Waals surface area contributed by atoms with Gasteiger partial charge in [-0.25, -0.2) is 4.98 Å². The van der Waals surface area contributed by atoms with E-state index in [1.54, 1.807) is 0 Å². The van der Waals surface area contributed by atoms with Crippen molar-refractivity contribution in [3.05, 3.63) is 32.6 Å². The topological polar surface area (TPSA) is 41.1 Å². The summed E-state index contributed by atoms with van der Waals surface area (Å²) in [5.41, 5.74) is 1.43. The highest BCUT2D eigenvalue weighted by atomic mass is 79.9. The molecule has 0 aromatic carbocycles. The molecule has 0 saturated carbocycles. The van der Waals surface area contributed by atoms with Crippen LogP contribution in [0.1, 0.15) is 36.8 Å². The van der Waals surface area contributed by atoms with Gasteiger partial charge in [0, 0.05) is 24.2 Å². The molecule has 2 aromatic rings. The van der Waals surface area contributed by atoms with Crippen LogP contribution in [0.2, 0.25) is 0 Å². The fraction of sp³-hybridized carbons (Fsp3) is 0.467. The van der Waals surface area contributed by atoms with Crippen molar-refractivity contribution in [3.8, 4) is 0 Å². The van der Waals surface area contributed by atoms with Crippen LogP contribution in [0.15, 0.2) is 22.1 Å². The van der Waals surface area contributed by atoms with Crippen molar-refractivity contribution in [2.24, 2.45) is 0 Å². The molecule has 2 aromatic heterocycles. The molecular weight excluding hydrogens is 348 g/mol. The van der Waals surface area contributed by atoms with Gasteiger partial charge in [-0.3, -0.25) is 0 Å². The predicted molar refractivity (Wildman–Crippen MR) is 92.3 cm³/mol. The van der Waals surface area contributed by atoms with Gasteiger partial charge in [0.2, 0.25) is 5.95 Å². The molecule has 6 heteroatoms. The molecule has 0 bridgehead atoms. The van der Waals surface area contributed by atoms with E-state index in [0.717, 1.165) is 36.2 Å². The van der Waals surface area contributed by atoms with Crippen LogP contribution in [0.4, 0.5) is 11.8 Å². The highest BCUT2D eigenvalue weighted by molar-refractivity contribution is 9.10. The lowest BCUT2D eigenvalue weighted by Gasteiger charge is -2.35. The molecule has 3 heterocycles. The van der Waals surface area contributed by atoms with Gasteiger partial charge >= 0.3 is 0 Å². The van der Waals surface area contributed by atoms with Gasteiger partial charge in [-0.05, 0) is 52.7 Å². The van der Waals surface area contributed by atoms with Gasteiger partial charge in [-0.1, -0.05) is 6.92 Å². The summed E-state index contributed by atoms with van der Waals surface area (Å²) in [6.07, 6.45) is 3.99. The summed E-state index contributed by atoms with van der Waals surface area (Å²) in [6, 6.07) is 2.59. The van der Waals surface area contributed by atoms with Crippen molar-refractivity contribution in [1.29, 1.82) is 0 Å². The van der Waals surface area contributed by atoms with Crippen molar-refractivity contribution in [1.82, 2.24) is 9.97 Å². The smallest absolute Gasteiger partial charge is 0.224 e. The van der Waals surface area contributed by atoms with Crippen LogP contribution in [-0.2, 0) is 6.42 Å². The van der Waals surface area contributed by atoms with E-state index in [0.29, 0.717) is 12.0 Å². The van der Waals surface area contributed by atoms with E-state index in [1.807, 2.05) is 17.5 Å². The number of hydrogen-bond acceptors (Lipinski definition) is 5. The third kappa shape index (κ3) is 2.92. The third-order valence-corrected chi connectivity index (χ3v) is 5.36. The van der Waals surface area contributed by atoms with E-state index in [-0.39, 0.29) is 0 Å². The normalized spacial score (nSPS) is 17.7. The van der Waals surface area contributed by atoms with Gasteiger partial charge in [-0.15, -0.1) is 11.3 Å². The minimum absolute atomic E-state index is 0.352. The Morgan fingerprint density at radius 1 is 1.52 bits per heavy atom. The van der Waals surface area contributed by atoms with Crippen LogP contribution in [0.3, 0.4) is 0 Å². The fourth-order valence-electron chi connectivity index (χ4n) is 2.68. The fourth-order valence-corrected chi connectivity index (χ4v) is 4.06. The van der Waals surface area contributed by atoms with Crippen LogP contribution in [-0.4, -0.2) is 23.1 Å². The molecule has 3 rings (SSSR count). The highest BCUT2D eigenvalue weighted by Gasteiger charge is 2.27. The Morgan fingerprint density at radius 2 is 2.38 bits per heavy atom. The Balaban J connectivity index is 1.90. The molecule has 0 saturated heterocycles. The van der Waals surface area contributed by atoms with E-state index in [4.69, 9.17) is 4.98 Å². The lowest BCUT2D eigenvalue weighted by Crippen LogP contribution is -2.34. The molecule has 112 valence electrons. The molecule has 1 aliphatic heterocycles. The highest BCUT2D eigenvalue weighted by Crippen LogP contribution is 2.37. The molecule has 1 aliphatic rings. The molecule has 4 nitrogen and oxygen atoms in total. The standard InChI is InChI=1S/C15H19BrN4S/c1-3-6-17-15-18-9-12(16)14(19-15)20-7-4-13-11(10(20)2)5-8-21-13/h5,8-10H,3-4,6-7H2,1-2H3,(H,17,18,19). The van der Waals surface area contributed by atoms with Gasteiger partial charge in [0.25, 0.3) is 0 Å². The zero-order valence-electron chi connectivity index (χ0n) is 12.3. The predicted octanol–water partition coefficient (Wildman–Crippen LogP) is 4.25. The van der Waals surface area contributed by atoms with Gasteiger partial charge in [0.05, 0.1) is 10.5 Å². The number of nitrogens with zero attached hydrogens (tertiary/aromatic N) is 3. The number of anilines is 2. The minimum atomic E-state index is 0.352. The maximum absolute atomic E-state index is 4.70. The van der Waals surface area contributed by atoms with Crippen molar-refractivity contribution < 1.29 is 0 Å². The summed E-state index contributed by atoms with van der Waals surface area (Å²) >= 11 is 5.46. The maximum Gasteiger partial charge on any atom is 0.224 e. The summed E-state index contributed by atoms with van der Waals surface area (Å²) in [5, 5.41) is 5.45. The molecule has 1 atom stereocenters. The number of thiophene rings is 1. The summed E-state index contributed by atoms with van der Waals surface area (Å²) in [5.74, 6) is 1.69. The second-order valence-corrected chi connectivity index (χ2v) is 7.07. The number of rotatable bonds is 4. The number of halogens is 1. The van der Waals surface area contributed by atoms with Gasteiger partial charge in [0.1, 0.15) is 5.82 Å². The monoisotopic (exact) mass is 366 g/mol. The van der Waals surface area contributed by atoms with E-state index in [2.05, 4.69) is 56.4 Å². The first-order valence-electron chi connectivity index (χ1n) is 7.30. The first kappa shape index (κ1) is 14.8. The van der Waals surface area contributed by atoms with Gasteiger partial charge in [0.15, 0.2) is 0 Å². The third-order valence-electron chi connectivity index (χ3n) is 3.81. The Kier molecular flexibility index (Phi) is 4.45. The summed E-state index contributed by atoms with van der Waals surface area (Å²) in [4.78, 5) is 12.9. The summed E-state index contributed by atoms with van der Waals surface area (Å²) < 4.78 is 0.954. The second-order valence-electron chi connectivity index (χ2n) is 5.21. The molecule has 1 N–H and O–H groups in total. The van der Waals surface area contributed by atoms with E-state index in [1.165, 1.54) is 10.4 Å². The van der Waals surface area contributed by atoms with E-state index >= 15 is 0 Å². The molecule has 21 heavy (non-hydrogen) atoms. The minimum Gasteiger partial charge on any atom is -0.354 e. The average molecular weight is 367 g/mol. The van der Waals surface area contributed by atoms with Crippen LogP contribution in [0.5, 0.6) is 0 Å². The number of nitrogens with one attached hydrogen (secondary N) is 1. The van der Waals surface area contributed by atoms with Crippen LogP contribution >= 0.6 is 27.3 Å². The lowest BCUT2D eigenvalue weighted by atomic mass is 10.0. The van der Waals surface area contributed by atoms with Crippen molar-refractivity contribution >= 4 is 39.0 Å². The Bertz CT molecular complexity index is 628. The van der Waals surface area contributed by atoms with Crippen molar-refractivity contribution in [2.75, 3.05) is 23.3 Å². The van der Waals surface area contributed by atoms with Crippen LogP contribution in [0, 0.1) is 0 Å². The zero-order valence-corrected chi connectivity index (χ0v) is 14.7. The maximum atomic E-state index is 4.70. The summed E-state index contributed by atoms with van der Waals surface area (Å²) in [6.45, 7) is 6.28. The van der Waals surface area contributed by atoms with Crippen molar-refractivity contribution in [3.63, 3.8) is 0 Å². The average Bonchev–Trinajstić information content (AvgIpc) is 2.97. The molecule has 0 fully saturated rings. The molecule has 1 unspecified atom stereocenters. The van der Waals surface area contributed by atoms with Crippen LogP contribution < -0.4 is 10.2 Å². The van der Waals surface area contributed by atoms with Crippen molar-refractivity contribution in [2.45, 2.75) is 32.7 Å². The largest absolute Gasteiger partial charge is 0.354 e. The number of aromatic nitrogens is 2. The molecule has 0 spiro atoms. The summed E-state index contributed by atoms with van der Waals surface area (Å²) in [7, 11) is 0. The van der Waals surface area contributed by atoms with E-state index in [9.17, 15) is 0 Å². The quantitative estimate of drug-likeness (QED) is 0.877. The molecule has 0 radical (unpaired) electrons.